The zero-order chi connectivity index (χ0) is 4.99. The smallest absolute Gasteiger partial charge is 0.165 e. The van der Waals surface area contributed by atoms with E-state index in [4.69, 9.17) is 0 Å². The third-order valence-electron chi connectivity index (χ3n) is 0.359. The minimum absolute atomic E-state index is 0.0231. The van der Waals surface area contributed by atoms with Gasteiger partial charge in [0.25, 0.3) is 0 Å². The van der Waals surface area contributed by atoms with E-state index in [0.29, 0.717) is 5.33 Å². The first-order valence-electron chi connectivity index (χ1n) is 1.52. The van der Waals surface area contributed by atoms with Gasteiger partial charge in [-0.2, -0.15) is 0 Å². The zero-order valence-corrected chi connectivity index (χ0v) is 4.86. The number of alkyl halides is 1. The van der Waals surface area contributed by atoms with Crippen LogP contribution in [0.2, 0.25) is 0 Å². The lowest BCUT2D eigenvalue weighted by Crippen LogP contribution is -1.88. The summed E-state index contributed by atoms with van der Waals surface area (Å²) in [4.78, 5) is 10.0. The minimum atomic E-state index is 0.0231. The van der Waals surface area contributed by atoms with Crippen LogP contribution < -0.4 is 0 Å². The Balaban J connectivity index is 3.23. The highest BCUT2D eigenvalue weighted by atomic mass is 79.9. The first-order valence-corrected chi connectivity index (χ1v) is 2.64. The summed E-state index contributed by atoms with van der Waals surface area (Å²) >= 11 is 2.95. The van der Waals surface area contributed by atoms with Crippen molar-refractivity contribution < 1.29 is 4.79 Å². The fourth-order valence-corrected chi connectivity index (χ4v) is 0.283. The van der Waals surface area contributed by atoms with Gasteiger partial charge in [0.05, 0.1) is 5.33 Å². The van der Waals surface area contributed by atoms with Crippen LogP contribution >= 0.6 is 15.9 Å². The number of carbonyl (C=O) groups is 1. The minimum Gasteiger partial charge on any atom is -0.294 e. The molecule has 0 aliphatic rings. The van der Waals surface area contributed by atoms with Gasteiger partial charge in [-0.3, -0.25) is 4.79 Å². The Labute approximate surface area is 45.2 Å². The van der Waals surface area contributed by atoms with Gasteiger partial charge < -0.3 is 0 Å². The van der Waals surface area contributed by atoms with Crippen molar-refractivity contribution in [3.63, 3.8) is 0 Å². The van der Waals surface area contributed by atoms with Crippen LogP contribution in [0.3, 0.4) is 0 Å². The van der Waals surface area contributed by atoms with E-state index in [2.05, 4.69) is 22.5 Å². The van der Waals surface area contributed by atoms with Gasteiger partial charge in [0.1, 0.15) is 0 Å². The molecule has 6 heavy (non-hydrogen) atoms. The molecule has 0 aliphatic heterocycles. The third kappa shape index (κ3) is 2.15. The Morgan fingerprint density at radius 3 is 2.50 bits per heavy atom. The molecule has 0 aromatic rings. The second kappa shape index (κ2) is 3.09. The average Bonchev–Trinajstić information content (AvgIpc) is 1.65. The number of hydrogen-bond donors (Lipinski definition) is 0. The van der Waals surface area contributed by atoms with E-state index in [1.54, 1.807) is 0 Å². The summed E-state index contributed by atoms with van der Waals surface area (Å²) in [6.45, 7) is 3.25. The van der Waals surface area contributed by atoms with Crippen LogP contribution in [0, 0.1) is 0 Å². The van der Waals surface area contributed by atoms with Crippen molar-refractivity contribution in [3.05, 3.63) is 12.7 Å². The predicted octanol–water partition coefficient (Wildman–Crippen LogP) is 1.14. The van der Waals surface area contributed by atoms with Gasteiger partial charge in [-0.1, -0.05) is 22.5 Å². The SMILES string of the molecule is C=CC(=O)CBr. The van der Waals surface area contributed by atoms with Crippen molar-refractivity contribution in [1.29, 1.82) is 0 Å². The van der Waals surface area contributed by atoms with Crippen molar-refractivity contribution in [2.45, 2.75) is 0 Å². The quantitative estimate of drug-likeness (QED) is 0.425. The topological polar surface area (TPSA) is 17.1 Å². The predicted molar refractivity (Wildman–Crippen MR) is 29.0 cm³/mol. The molecule has 0 bridgehead atoms. The number of carbonyl (C=O) groups excluding carboxylic acids is 1. The number of hydrogen-bond acceptors (Lipinski definition) is 1. The maximum absolute atomic E-state index is 10.0. The molecule has 0 N–H and O–H groups in total. The molecule has 0 atom stereocenters. The molecule has 0 rings (SSSR count). The maximum atomic E-state index is 10.0. The van der Waals surface area contributed by atoms with Crippen molar-refractivity contribution in [2.75, 3.05) is 5.33 Å². The van der Waals surface area contributed by atoms with Gasteiger partial charge >= 0.3 is 0 Å². The summed E-state index contributed by atoms with van der Waals surface area (Å²) in [5.74, 6) is 0.0231. The summed E-state index contributed by atoms with van der Waals surface area (Å²) in [6, 6.07) is 0. The molecule has 0 saturated carbocycles. The van der Waals surface area contributed by atoms with Crippen LogP contribution in [-0.4, -0.2) is 11.1 Å². The molecule has 34 valence electrons. The Morgan fingerprint density at radius 2 is 2.50 bits per heavy atom. The van der Waals surface area contributed by atoms with Gasteiger partial charge in [-0.25, -0.2) is 0 Å². The summed E-state index contributed by atoms with van der Waals surface area (Å²) in [5.41, 5.74) is 0. The Hall–Kier alpha value is -0.110. The molecular formula is C4H5BrO. The van der Waals surface area contributed by atoms with E-state index < -0.39 is 0 Å². The van der Waals surface area contributed by atoms with Crippen LogP contribution in [0.25, 0.3) is 0 Å². The highest BCUT2D eigenvalue weighted by molar-refractivity contribution is 9.09. The van der Waals surface area contributed by atoms with Crippen molar-refractivity contribution in [2.24, 2.45) is 0 Å². The lowest BCUT2D eigenvalue weighted by Gasteiger charge is -1.73. The molecular weight excluding hydrogens is 144 g/mol. The molecule has 0 aromatic heterocycles. The molecule has 0 radical (unpaired) electrons. The Bertz CT molecular complexity index is 67.9. The second-order valence-corrected chi connectivity index (χ2v) is 1.36. The van der Waals surface area contributed by atoms with Crippen molar-refractivity contribution in [1.82, 2.24) is 0 Å². The van der Waals surface area contributed by atoms with Crippen LogP contribution in [0.5, 0.6) is 0 Å². The molecule has 2 heteroatoms. The zero-order valence-electron chi connectivity index (χ0n) is 3.28. The Morgan fingerprint density at radius 1 is 2.00 bits per heavy atom. The highest BCUT2D eigenvalue weighted by Crippen LogP contribution is 1.80. The molecule has 0 amide bonds. The molecule has 0 unspecified atom stereocenters. The van der Waals surface area contributed by atoms with Gasteiger partial charge in [0.2, 0.25) is 0 Å². The highest BCUT2D eigenvalue weighted by Gasteiger charge is 1.83. The van der Waals surface area contributed by atoms with Crippen LogP contribution in [0.15, 0.2) is 12.7 Å². The van der Waals surface area contributed by atoms with E-state index >= 15 is 0 Å². The maximum Gasteiger partial charge on any atom is 0.165 e. The molecule has 0 aromatic carbocycles. The van der Waals surface area contributed by atoms with Crippen LogP contribution in [0.4, 0.5) is 0 Å². The first kappa shape index (κ1) is 5.89. The van der Waals surface area contributed by atoms with Gasteiger partial charge in [-0.15, -0.1) is 0 Å². The fraction of sp³-hybridized carbons (Fsp3) is 0.250. The Kier molecular flexibility index (Phi) is 3.04. The average molecular weight is 149 g/mol. The summed E-state index contributed by atoms with van der Waals surface area (Å²) in [6.07, 6.45) is 1.29. The lowest BCUT2D eigenvalue weighted by molar-refractivity contribution is -0.112. The van der Waals surface area contributed by atoms with Gasteiger partial charge in [0, 0.05) is 0 Å². The van der Waals surface area contributed by atoms with Crippen molar-refractivity contribution >= 4 is 21.7 Å². The standard InChI is InChI=1S/C4H5BrO/c1-2-4(6)3-5/h2H,1,3H2. The van der Waals surface area contributed by atoms with Crippen LogP contribution in [0.1, 0.15) is 0 Å². The lowest BCUT2D eigenvalue weighted by atomic mass is 10.5. The number of halogens is 1. The number of ketones is 1. The van der Waals surface area contributed by atoms with E-state index in [1.807, 2.05) is 0 Å². The first-order chi connectivity index (χ1) is 2.81. The van der Waals surface area contributed by atoms with E-state index in [9.17, 15) is 4.79 Å². The van der Waals surface area contributed by atoms with E-state index in [1.165, 1.54) is 6.08 Å². The molecule has 1 nitrogen and oxygen atoms in total. The second-order valence-electron chi connectivity index (χ2n) is 0.804. The monoisotopic (exact) mass is 148 g/mol. The largest absolute Gasteiger partial charge is 0.294 e. The van der Waals surface area contributed by atoms with Gasteiger partial charge in [-0.05, 0) is 6.08 Å². The number of allylic oxidation sites excluding steroid dienone is 1. The normalized spacial score (nSPS) is 7.50. The molecule has 0 saturated heterocycles. The van der Waals surface area contributed by atoms with E-state index in [-0.39, 0.29) is 5.78 Å². The number of rotatable bonds is 2. The fourth-order valence-electron chi connectivity index (χ4n) is 0.0546. The summed E-state index contributed by atoms with van der Waals surface area (Å²) in [5, 5.41) is 0.385. The molecule has 0 fully saturated rings. The van der Waals surface area contributed by atoms with E-state index in [0.717, 1.165) is 0 Å². The third-order valence-corrected chi connectivity index (χ3v) is 0.912. The van der Waals surface area contributed by atoms with Gasteiger partial charge in [0.15, 0.2) is 5.78 Å². The molecule has 0 aliphatic carbocycles. The molecule has 0 spiro atoms. The van der Waals surface area contributed by atoms with Crippen LogP contribution in [-0.2, 0) is 4.79 Å². The summed E-state index contributed by atoms with van der Waals surface area (Å²) in [7, 11) is 0. The molecule has 0 heterocycles. The van der Waals surface area contributed by atoms with Crippen molar-refractivity contribution in [3.8, 4) is 0 Å². The summed E-state index contributed by atoms with van der Waals surface area (Å²) < 4.78 is 0.